The lowest BCUT2D eigenvalue weighted by atomic mass is 10.1. The Morgan fingerprint density at radius 1 is 1.37 bits per heavy atom. The summed E-state index contributed by atoms with van der Waals surface area (Å²) in [6, 6.07) is 4.16. The standard InChI is InChI=1S/C14H20Br2N2O/c1-3-17-8-10-4-5-18(9-10)13-7-14(19-2)12(16)6-11(13)15/h6-7,10,17H,3-5,8-9H2,1-2H3. The fourth-order valence-corrected chi connectivity index (χ4v) is 3.89. The Labute approximate surface area is 132 Å². The molecule has 0 aromatic heterocycles. The lowest BCUT2D eigenvalue weighted by Crippen LogP contribution is -2.26. The fourth-order valence-electron chi connectivity index (χ4n) is 2.48. The number of anilines is 1. The zero-order valence-electron chi connectivity index (χ0n) is 11.4. The number of nitrogens with zero attached hydrogens (tertiary/aromatic N) is 1. The molecule has 0 aliphatic carbocycles. The van der Waals surface area contributed by atoms with Crippen LogP contribution < -0.4 is 15.0 Å². The van der Waals surface area contributed by atoms with E-state index in [2.05, 4.69) is 61.1 Å². The average Bonchev–Trinajstić information content (AvgIpc) is 2.85. The van der Waals surface area contributed by atoms with Gasteiger partial charge in [0.1, 0.15) is 5.75 Å². The SMILES string of the molecule is CCNCC1CCN(c2cc(OC)c(Br)cc2Br)C1. The van der Waals surface area contributed by atoms with Gasteiger partial charge in [0, 0.05) is 23.6 Å². The van der Waals surface area contributed by atoms with Gasteiger partial charge in [0.15, 0.2) is 0 Å². The van der Waals surface area contributed by atoms with Crippen LogP contribution >= 0.6 is 31.9 Å². The van der Waals surface area contributed by atoms with Gasteiger partial charge in [0.05, 0.1) is 17.3 Å². The molecule has 0 bridgehead atoms. The molecule has 0 amide bonds. The van der Waals surface area contributed by atoms with Gasteiger partial charge >= 0.3 is 0 Å². The van der Waals surface area contributed by atoms with Gasteiger partial charge in [-0.25, -0.2) is 0 Å². The molecule has 19 heavy (non-hydrogen) atoms. The summed E-state index contributed by atoms with van der Waals surface area (Å²) in [4.78, 5) is 2.43. The van der Waals surface area contributed by atoms with E-state index in [0.717, 1.165) is 46.8 Å². The number of benzene rings is 1. The van der Waals surface area contributed by atoms with Gasteiger partial charge < -0.3 is 15.0 Å². The first kappa shape index (κ1) is 15.1. The molecule has 1 N–H and O–H groups in total. The highest BCUT2D eigenvalue weighted by molar-refractivity contribution is 9.11. The van der Waals surface area contributed by atoms with E-state index < -0.39 is 0 Å². The maximum absolute atomic E-state index is 5.39. The van der Waals surface area contributed by atoms with Crippen molar-refractivity contribution in [2.75, 3.05) is 38.2 Å². The van der Waals surface area contributed by atoms with Crippen molar-refractivity contribution in [2.45, 2.75) is 13.3 Å². The number of nitrogens with one attached hydrogen (secondary N) is 1. The molecule has 1 fully saturated rings. The summed E-state index contributed by atoms with van der Waals surface area (Å²) in [5.74, 6) is 1.62. The second kappa shape index (κ2) is 6.95. The maximum atomic E-state index is 5.39. The molecule has 1 heterocycles. The van der Waals surface area contributed by atoms with Crippen molar-refractivity contribution in [3.63, 3.8) is 0 Å². The predicted octanol–water partition coefficient (Wildman–Crippen LogP) is 3.66. The first-order valence-corrected chi connectivity index (χ1v) is 8.23. The van der Waals surface area contributed by atoms with Gasteiger partial charge in [-0.15, -0.1) is 0 Å². The number of rotatable bonds is 5. The van der Waals surface area contributed by atoms with Crippen molar-refractivity contribution in [3.05, 3.63) is 21.1 Å². The summed E-state index contributed by atoms with van der Waals surface area (Å²) in [7, 11) is 1.70. The molecule has 106 valence electrons. The normalized spacial score (nSPS) is 18.9. The Bertz CT molecular complexity index is 440. The van der Waals surface area contributed by atoms with Crippen molar-refractivity contribution >= 4 is 37.5 Å². The number of methoxy groups -OCH3 is 1. The lowest BCUT2D eigenvalue weighted by molar-refractivity contribution is 0.412. The van der Waals surface area contributed by atoms with Crippen LogP contribution in [-0.2, 0) is 0 Å². The van der Waals surface area contributed by atoms with E-state index in [1.807, 2.05) is 0 Å². The Hall–Kier alpha value is -0.260. The maximum Gasteiger partial charge on any atom is 0.135 e. The van der Waals surface area contributed by atoms with Crippen molar-refractivity contribution in [1.82, 2.24) is 5.32 Å². The van der Waals surface area contributed by atoms with E-state index in [4.69, 9.17) is 4.74 Å². The Morgan fingerprint density at radius 2 is 2.16 bits per heavy atom. The molecule has 0 radical (unpaired) electrons. The number of hydrogen-bond donors (Lipinski definition) is 1. The molecular formula is C14H20Br2N2O. The van der Waals surface area contributed by atoms with Crippen LogP contribution in [0.3, 0.4) is 0 Å². The van der Waals surface area contributed by atoms with Crippen LogP contribution in [0.1, 0.15) is 13.3 Å². The molecule has 2 rings (SSSR count). The minimum Gasteiger partial charge on any atom is -0.495 e. The predicted molar refractivity (Wildman–Crippen MR) is 87.3 cm³/mol. The minimum atomic E-state index is 0.737. The zero-order valence-corrected chi connectivity index (χ0v) is 14.6. The largest absolute Gasteiger partial charge is 0.495 e. The zero-order chi connectivity index (χ0) is 13.8. The molecule has 1 aromatic carbocycles. The molecule has 1 aromatic rings. The molecular weight excluding hydrogens is 372 g/mol. The van der Waals surface area contributed by atoms with Gasteiger partial charge in [-0.1, -0.05) is 6.92 Å². The van der Waals surface area contributed by atoms with Crippen LogP contribution in [0.5, 0.6) is 5.75 Å². The van der Waals surface area contributed by atoms with E-state index in [9.17, 15) is 0 Å². The highest BCUT2D eigenvalue weighted by Gasteiger charge is 2.24. The van der Waals surface area contributed by atoms with Crippen LogP contribution in [-0.4, -0.2) is 33.3 Å². The van der Waals surface area contributed by atoms with Crippen molar-refractivity contribution < 1.29 is 4.74 Å². The van der Waals surface area contributed by atoms with E-state index in [0.29, 0.717) is 0 Å². The molecule has 1 atom stereocenters. The van der Waals surface area contributed by atoms with Crippen molar-refractivity contribution in [2.24, 2.45) is 5.92 Å². The Kier molecular flexibility index (Phi) is 5.54. The third-order valence-electron chi connectivity index (χ3n) is 3.53. The van der Waals surface area contributed by atoms with E-state index in [1.165, 1.54) is 12.1 Å². The van der Waals surface area contributed by atoms with Crippen LogP contribution in [0.4, 0.5) is 5.69 Å². The van der Waals surface area contributed by atoms with E-state index in [1.54, 1.807) is 7.11 Å². The molecule has 1 aliphatic rings. The summed E-state index contributed by atoms with van der Waals surface area (Å²) in [6.07, 6.45) is 1.25. The first-order chi connectivity index (χ1) is 9.15. The van der Waals surface area contributed by atoms with E-state index >= 15 is 0 Å². The number of halogens is 2. The number of ether oxygens (including phenoxy) is 1. The average molecular weight is 392 g/mol. The second-order valence-corrected chi connectivity index (χ2v) is 6.56. The Balaban J connectivity index is 2.10. The first-order valence-electron chi connectivity index (χ1n) is 6.64. The summed E-state index contributed by atoms with van der Waals surface area (Å²) >= 11 is 7.16. The molecule has 0 saturated carbocycles. The third-order valence-corrected chi connectivity index (χ3v) is 4.79. The molecule has 1 saturated heterocycles. The molecule has 3 nitrogen and oxygen atoms in total. The van der Waals surface area contributed by atoms with Gasteiger partial charge in [0.2, 0.25) is 0 Å². The topological polar surface area (TPSA) is 24.5 Å². The smallest absolute Gasteiger partial charge is 0.135 e. The number of hydrogen-bond acceptors (Lipinski definition) is 3. The molecule has 1 aliphatic heterocycles. The Morgan fingerprint density at radius 3 is 2.84 bits per heavy atom. The highest BCUT2D eigenvalue weighted by atomic mass is 79.9. The van der Waals surface area contributed by atoms with Gasteiger partial charge in [-0.3, -0.25) is 0 Å². The quantitative estimate of drug-likeness (QED) is 0.828. The summed E-state index contributed by atoms with van der Waals surface area (Å²) in [5.41, 5.74) is 1.22. The lowest BCUT2D eigenvalue weighted by Gasteiger charge is -2.21. The van der Waals surface area contributed by atoms with Crippen molar-refractivity contribution in [1.29, 1.82) is 0 Å². The second-order valence-electron chi connectivity index (χ2n) is 4.85. The van der Waals surface area contributed by atoms with Crippen LogP contribution in [0, 0.1) is 5.92 Å². The van der Waals surface area contributed by atoms with Gasteiger partial charge in [0.25, 0.3) is 0 Å². The van der Waals surface area contributed by atoms with Gasteiger partial charge in [-0.2, -0.15) is 0 Å². The van der Waals surface area contributed by atoms with Crippen molar-refractivity contribution in [3.8, 4) is 5.75 Å². The summed E-state index contributed by atoms with van der Waals surface area (Å²) in [6.45, 7) is 6.53. The van der Waals surface area contributed by atoms with Crippen LogP contribution in [0.25, 0.3) is 0 Å². The summed E-state index contributed by atoms with van der Waals surface area (Å²) < 4.78 is 7.48. The molecule has 5 heteroatoms. The van der Waals surface area contributed by atoms with E-state index in [-0.39, 0.29) is 0 Å². The molecule has 1 unspecified atom stereocenters. The monoisotopic (exact) mass is 390 g/mol. The highest BCUT2D eigenvalue weighted by Crippen LogP contribution is 2.38. The summed E-state index contributed by atoms with van der Waals surface area (Å²) in [5, 5.41) is 3.44. The minimum absolute atomic E-state index is 0.737. The fraction of sp³-hybridized carbons (Fsp3) is 0.571. The third kappa shape index (κ3) is 3.64. The van der Waals surface area contributed by atoms with Crippen LogP contribution in [0.2, 0.25) is 0 Å². The van der Waals surface area contributed by atoms with Crippen LogP contribution in [0.15, 0.2) is 21.1 Å². The molecule has 0 spiro atoms. The van der Waals surface area contributed by atoms with Gasteiger partial charge in [-0.05, 0) is 63.4 Å².